The molecule has 0 saturated heterocycles. The molecule has 2 rings (SSSR count). The van der Waals surface area contributed by atoms with Crippen molar-refractivity contribution in [2.45, 2.75) is 33.7 Å². The second-order valence-corrected chi connectivity index (χ2v) is 5.59. The zero-order chi connectivity index (χ0) is 15.6. The van der Waals surface area contributed by atoms with Crippen LogP contribution in [-0.4, -0.2) is 5.91 Å². The van der Waals surface area contributed by atoms with Gasteiger partial charge >= 0.3 is 0 Å². The Kier molecular flexibility index (Phi) is 4.32. The lowest BCUT2D eigenvalue weighted by atomic mass is 9.99. The molecule has 0 saturated carbocycles. The SMILES string of the molecule is Cc1ccc(C(C)NC(=O)c2cccc(C)c2N)c(C)c1. The van der Waals surface area contributed by atoms with Crippen molar-refractivity contribution >= 4 is 11.6 Å². The van der Waals surface area contributed by atoms with E-state index in [-0.39, 0.29) is 11.9 Å². The second-order valence-electron chi connectivity index (χ2n) is 5.59. The fraction of sp³-hybridized carbons (Fsp3) is 0.278. The predicted octanol–water partition coefficient (Wildman–Crippen LogP) is 3.69. The maximum Gasteiger partial charge on any atom is 0.253 e. The Labute approximate surface area is 126 Å². The number of nitrogen functional groups attached to an aromatic ring is 1. The van der Waals surface area contributed by atoms with Crippen LogP contribution in [0.3, 0.4) is 0 Å². The first-order chi connectivity index (χ1) is 9.90. The van der Waals surface area contributed by atoms with Crippen molar-refractivity contribution in [3.63, 3.8) is 0 Å². The summed E-state index contributed by atoms with van der Waals surface area (Å²) in [6.07, 6.45) is 0. The molecule has 1 amide bonds. The van der Waals surface area contributed by atoms with Crippen LogP contribution in [0.1, 0.15) is 45.6 Å². The molecule has 0 heterocycles. The molecule has 110 valence electrons. The number of carbonyl (C=O) groups is 1. The molecule has 3 heteroatoms. The maximum atomic E-state index is 12.4. The van der Waals surface area contributed by atoms with E-state index >= 15 is 0 Å². The number of carbonyl (C=O) groups excluding carboxylic acids is 1. The number of anilines is 1. The van der Waals surface area contributed by atoms with E-state index in [1.165, 1.54) is 11.1 Å². The Morgan fingerprint density at radius 1 is 1.10 bits per heavy atom. The van der Waals surface area contributed by atoms with Crippen LogP contribution in [0.2, 0.25) is 0 Å². The quantitative estimate of drug-likeness (QED) is 0.844. The Bertz CT molecular complexity index is 677. The number of hydrogen-bond donors (Lipinski definition) is 2. The maximum absolute atomic E-state index is 12.4. The summed E-state index contributed by atoms with van der Waals surface area (Å²) in [5, 5.41) is 3.02. The molecule has 0 aliphatic carbocycles. The summed E-state index contributed by atoms with van der Waals surface area (Å²) in [6, 6.07) is 11.7. The summed E-state index contributed by atoms with van der Waals surface area (Å²) in [7, 11) is 0. The van der Waals surface area contributed by atoms with Crippen molar-refractivity contribution in [3.05, 3.63) is 64.2 Å². The Morgan fingerprint density at radius 3 is 2.48 bits per heavy atom. The number of benzene rings is 2. The minimum absolute atomic E-state index is 0.0574. The molecule has 1 unspecified atom stereocenters. The number of amides is 1. The van der Waals surface area contributed by atoms with Gasteiger partial charge in [0.1, 0.15) is 0 Å². The molecule has 21 heavy (non-hydrogen) atoms. The molecule has 0 aromatic heterocycles. The number of hydrogen-bond acceptors (Lipinski definition) is 2. The van der Waals surface area contributed by atoms with Crippen LogP contribution in [0.15, 0.2) is 36.4 Å². The molecule has 0 fully saturated rings. The van der Waals surface area contributed by atoms with Crippen LogP contribution in [0, 0.1) is 20.8 Å². The standard InChI is InChI=1S/C18H22N2O/c1-11-8-9-15(13(3)10-11)14(4)20-18(21)16-7-5-6-12(2)17(16)19/h5-10,14H,19H2,1-4H3,(H,20,21). The fourth-order valence-corrected chi connectivity index (χ4v) is 2.54. The van der Waals surface area contributed by atoms with Crippen molar-refractivity contribution in [1.29, 1.82) is 0 Å². The Balaban J connectivity index is 2.21. The fourth-order valence-electron chi connectivity index (χ4n) is 2.54. The highest BCUT2D eigenvalue weighted by Crippen LogP contribution is 2.21. The lowest BCUT2D eigenvalue weighted by molar-refractivity contribution is 0.0940. The summed E-state index contributed by atoms with van der Waals surface area (Å²) in [5.74, 6) is -0.135. The number of nitrogens with one attached hydrogen (secondary N) is 1. The van der Waals surface area contributed by atoms with Gasteiger partial charge in [-0.25, -0.2) is 0 Å². The molecule has 3 N–H and O–H groups in total. The third-order valence-electron chi connectivity index (χ3n) is 3.81. The van der Waals surface area contributed by atoms with Gasteiger partial charge in [0, 0.05) is 5.69 Å². The smallest absolute Gasteiger partial charge is 0.253 e. The minimum atomic E-state index is -0.135. The normalized spacial score (nSPS) is 12.0. The summed E-state index contributed by atoms with van der Waals surface area (Å²) < 4.78 is 0. The lowest BCUT2D eigenvalue weighted by Crippen LogP contribution is -2.28. The largest absolute Gasteiger partial charge is 0.398 e. The van der Waals surface area contributed by atoms with E-state index in [2.05, 4.69) is 37.4 Å². The number of para-hydroxylation sites is 1. The Morgan fingerprint density at radius 2 is 1.81 bits per heavy atom. The molecule has 2 aromatic carbocycles. The van der Waals surface area contributed by atoms with Gasteiger partial charge in [0.15, 0.2) is 0 Å². The first-order valence-corrected chi connectivity index (χ1v) is 7.13. The predicted molar refractivity (Wildman–Crippen MR) is 87.4 cm³/mol. The average Bonchev–Trinajstić information content (AvgIpc) is 2.41. The molecule has 1 atom stereocenters. The van der Waals surface area contributed by atoms with Crippen molar-refractivity contribution in [2.75, 3.05) is 5.73 Å². The van der Waals surface area contributed by atoms with Crippen molar-refractivity contribution in [2.24, 2.45) is 0 Å². The summed E-state index contributed by atoms with van der Waals surface area (Å²) in [5.41, 5.74) is 11.5. The highest BCUT2D eigenvalue weighted by molar-refractivity contribution is 5.99. The number of aryl methyl sites for hydroxylation is 3. The van der Waals surface area contributed by atoms with Crippen molar-refractivity contribution < 1.29 is 4.79 Å². The first-order valence-electron chi connectivity index (χ1n) is 7.13. The lowest BCUT2D eigenvalue weighted by Gasteiger charge is -2.18. The molecule has 0 aliphatic heterocycles. The summed E-state index contributed by atoms with van der Waals surface area (Å²) >= 11 is 0. The molecular formula is C18H22N2O. The zero-order valence-corrected chi connectivity index (χ0v) is 13.0. The van der Waals surface area contributed by atoms with Gasteiger partial charge in [0.05, 0.1) is 11.6 Å². The van der Waals surface area contributed by atoms with Gasteiger partial charge in [-0.05, 0) is 50.5 Å². The van der Waals surface area contributed by atoms with Gasteiger partial charge in [-0.3, -0.25) is 4.79 Å². The third-order valence-corrected chi connectivity index (χ3v) is 3.81. The monoisotopic (exact) mass is 282 g/mol. The van der Waals surface area contributed by atoms with Crippen LogP contribution in [-0.2, 0) is 0 Å². The van der Waals surface area contributed by atoms with Gasteiger partial charge in [0.2, 0.25) is 0 Å². The summed E-state index contributed by atoms with van der Waals surface area (Å²) in [4.78, 5) is 12.4. The van der Waals surface area contributed by atoms with Gasteiger partial charge < -0.3 is 11.1 Å². The molecule has 0 spiro atoms. The van der Waals surface area contributed by atoms with Crippen LogP contribution in [0.5, 0.6) is 0 Å². The topological polar surface area (TPSA) is 55.1 Å². The average molecular weight is 282 g/mol. The van der Waals surface area contributed by atoms with E-state index < -0.39 is 0 Å². The summed E-state index contributed by atoms with van der Waals surface area (Å²) in [6.45, 7) is 8.01. The Hall–Kier alpha value is -2.29. The highest BCUT2D eigenvalue weighted by Gasteiger charge is 2.15. The zero-order valence-electron chi connectivity index (χ0n) is 13.0. The highest BCUT2D eigenvalue weighted by atomic mass is 16.1. The van der Waals surface area contributed by atoms with E-state index in [1.54, 1.807) is 6.07 Å². The minimum Gasteiger partial charge on any atom is -0.398 e. The van der Waals surface area contributed by atoms with E-state index in [1.807, 2.05) is 26.0 Å². The van der Waals surface area contributed by atoms with Gasteiger partial charge in [-0.2, -0.15) is 0 Å². The molecular weight excluding hydrogens is 260 g/mol. The number of rotatable bonds is 3. The second kappa shape index (κ2) is 6.00. The van der Waals surface area contributed by atoms with E-state index in [9.17, 15) is 4.79 Å². The van der Waals surface area contributed by atoms with Gasteiger partial charge in [0.25, 0.3) is 5.91 Å². The van der Waals surface area contributed by atoms with Gasteiger partial charge in [-0.1, -0.05) is 35.9 Å². The van der Waals surface area contributed by atoms with Crippen LogP contribution < -0.4 is 11.1 Å². The van der Waals surface area contributed by atoms with Crippen LogP contribution >= 0.6 is 0 Å². The van der Waals surface area contributed by atoms with E-state index in [4.69, 9.17) is 5.73 Å². The molecule has 2 aromatic rings. The van der Waals surface area contributed by atoms with Crippen LogP contribution in [0.25, 0.3) is 0 Å². The molecule has 0 bridgehead atoms. The van der Waals surface area contributed by atoms with Crippen molar-refractivity contribution in [3.8, 4) is 0 Å². The van der Waals surface area contributed by atoms with E-state index in [0.29, 0.717) is 11.3 Å². The van der Waals surface area contributed by atoms with E-state index in [0.717, 1.165) is 11.1 Å². The molecule has 3 nitrogen and oxygen atoms in total. The van der Waals surface area contributed by atoms with Crippen LogP contribution in [0.4, 0.5) is 5.69 Å². The number of nitrogens with two attached hydrogens (primary N) is 1. The molecule has 0 radical (unpaired) electrons. The third kappa shape index (κ3) is 3.24. The van der Waals surface area contributed by atoms with Crippen molar-refractivity contribution in [1.82, 2.24) is 5.32 Å². The first kappa shape index (κ1) is 15.1. The molecule has 0 aliphatic rings. The van der Waals surface area contributed by atoms with Gasteiger partial charge in [-0.15, -0.1) is 0 Å².